The highest BCUT2D eigenvalue weighted by Gasteiger charge is 2.34. The van der Waals surface area contributed by atoms with E-state index in [1.54, 1.807) is 6.07 Å². The summed E-state index contributed by atoms with van der Waals surface area (Å²) >= 11 is 0. The molecule has 0 saturated carbocycles. The number of rotatable bonds is 2. The SMILES string of the molecule is N#CC1CN(S(=O)(=O)c2cccc(C(F)(F)F)c2)CCO1. The molecule has 1 saturated heterocycles. The lowest BCUT2D eigenvalue weighted by Crippen LogP contribution is -2.45. The summed E-state index contributed by atoms with van der Waals surface area (Å²) in [4.78, 5) is -0.448. The zero-order valence-corrected chi connectivity index (χ0v) is 11.5. The Morgan fingerprint density at radius 3 is 2.71 bits per heavy atom. The Morgan fingerprint density at radius 1 is 1.38 bits per heavy atom. The summed E-state index contributed by atoms with van der Waals surface area (Å²) in [6.45, 7) is -0.178. The van der Waals surface area contributed by atoms with Crippen molar-refractivity contribution in [3.05, 3.63) is 29.8 Å². The van der Waals surface area contributed by atoms with Crippen molar-refractivity contribution in [2.45, 2.75) is 17.2 Å². The minimum absolute atomic E-state index is 0.00322. The summed E-state index contributed by atoms with van der Waals surface area (Å²) in [5, 5.41) is 8.75. The third-order valence-corrected chi connectivity index (χ3v) is 4.83. The van der Waals surface area contributed by atoms with Gasteiger partial charge < -0.3 is 4.74 Å². The number of ether oxygens (including phenoxy) is 1. The van der Waals surface area contributed by atoms with Gasteiger partial charge in [-0.25, -0.2) is 8.42 Å². The van der Waals surface area contributed by atoms with Crippen molar-refractivity contribution in [3.8, 4) is 6.07 Å². The van der Waals surface area contributed by atoms with Crippen molar-refractivity contribution in [1.29, 1.82) is 5.26 Å². The Labute approximate surface area is 119 Å². The highest BCUT2D eigenvalue weighted by molar-refractivity contribution is 7.89. The molecular weight excluding hydrogens is 309 g/mol. The molecule has 1 aromatic rings. The third-order valence-electron chi connectivity index (χ3n) is 2.97. The van der Waals surface area contributed by atoms with E-state index in [9.17, 15) is 21.6 Å². The molecule has 1 atom stereocenters. The Bertz CT molecular complexity index is 667. The fourth-order valence-corrected chi connectivity index (χ4v) is 3.38. The average molecular weight is 320 g/mol. The van der Waals surface area contributed by atoms with Crippen LogP contribution < -0.4 is 0 Å². The van der Waals surface area contributed by atoms with Gasteiger partial charge in [-0.3, -0.25) is 0 Å². The second-order valence-corrected chi connectivity index (χ2v) is 6.32. The van der Waals surface area contributed by atoms with Crippen molar-refractivity contribution in [3.63, 3.8) is 0 Å². The summed E-state index contributed by atoms with van der Waals surface area (Å²) in [5.74, 6) is 0. The molecule has 0 bridgehead atoms. The van der Waals surface area contributed by atoms with Crippen LogP contribution in [0.2, 0.25) is 0 Å². The summed E-state index contributed by atoms with van der Waals surface area (Å²) in [6.07, 6.45) is -5.54. The number of morpholine rings is 1. The van der Waals surface area contributed by atoms with Crippen LogP contribution in [0, 0.1) is 11.3 Å². The highest BCUT2D eigenvalue weighted by atomic mass is 32.2. The van der Waals surface area contributed by atoms with Crippen LogP contribution in [-0.2, 0) is 20.9 Å². The van der Waals surface area contributed by atoms with Crippen LogP contribution in [0.15, 0.2) is 29.2 Å². The molecular formula is C12H11F3N2O3S. The molecule has 1 heterocycles. The quantitative estimate of drug-likeness (QED) is 0.830. The molecule has 21 heavy (non-hydrogen) atoms. The number of halogens is 3. The van der Waals surface area contributed by atoms with Gasteiger partial charge in [0.1, 0.15) is 0 Å². The lowest BCUT2D eigenvalue weighted by Gasteiger charge is -2.29. The maximum absolute atomic E-state index is 12.6. The zero-order chi connectivity index (χ0) is 15.7. The van der Waals surface area contributed by atoms with E-state index in [0.29, 0.717) is 6.07 Å². The van der Waals surface area contributed by atoms with Crippen LogP contribution in [0.5, 0.6) is 0 Å². The van der Waals surface area contributed by atoms with Crippen molar-refractivity contribution in [2.24, 2.45) is 0 Å². The van der Waals surface area contributed by atoms with E-state index in [1.165, 1.54) is 0 Å². The minimum atomic E-state index is -4.62. The Balaban J connectivity index is 2.34. The van der Waals surface area contributed by atoms with Gasteiger partial charge in [-0.1, -0.05) is 6.07 Å². The maximum Gasteiger partial charge on any atom is 0.416 e. The standard InChI is InChI=1S/C12H11F3N2O3S/c13-12(14,15)9-2-1-3-11(6-9)21(18,19)17-4-5-20-10(7-16)8-17/h1-3,6,10H,4-5,8H2. The molecule has 1 aliphatic rings. The fourth-order valence-electron chi connectivity index (χ4n) is 1.90. The van der Waals surface area contributed by atoms with E-state index in [4.69, 9.17) is 10.00 Å². The number of hydrogen-bond acceptors (Lipinski definition) is 4. The van der Waals surface area contributed by atoms with Crippen molar-refractivity contribution in [1.82, 2.24) is 4.31 Å². The molecule has 0 spiro atoms. The zero-order valence-electron chi connectivity index (χ0n) is 10.7. The van der Waals surface area contributed by atoms with Crippen LogP contribution in [0.4, 0.5) is 13.2 Å². The van der Waals surface area contributed by atoms with Crippen molar-refractivity contribution >= 4 is 10.0 Å². The first kappa shape index (κ1) is 15.8. The van der Waals surface area contributed by atoms with Gasteiger partial charge in [-0.05, 0) is 18.2 Å². The minimum Gasteiger partial charge on any atom is -0.361 e. The third kappa shape index (κ3) is 3.34. The van der Waals surface area contributed by atoms with E-state index in [1.807, 2.05) is 0 Å². The summed E-state index contributed by atoms with van der Waals surface area (Å²) in [5.41, 5.74) is -1.03. The number of nitriles is 1. The molecule has 114 valence electrons. The molecule has 2 rings (SSSR count). The molecule has 9 heteroatoms. The maximum atomic E-state index is 12.6. The van der Waals surface area contributed by atoms with Gasteiger partial charge in [0.15, 0.2) is 6.10 Å². The van der Waals surface area contributed by atoms with Crippen LogP contribution >= 0.6 is 0 Å². The number of nitrogens with zero attached hydrogens (tertiary/aromatic N) is 2. The van der Waals surface area contributed by atoms with Gasteiger partial charge in [-0.2, -0.15) is 22.7 Å². The number of sulfonamides is 1. The molecule has 1 aromatic carbocycles. The molecule has 0 aliphatic carbocycles. The fraction of sp³-hybridized carbons (Fsp3) is 0.417. The molecule has 0 radical (unpaired) electrons. The number of hydrogen-bond donors (Lipinski definition) is 0. The van der Waals surface area contributed by atoms with Gasteiger partial charge in [0.25, 0.3) is 0 Å². The smallest absolute Gasteiger partial charge is 0.361 e. The first-order valence-electron chi connectivity index (χ1n) is 5.94. The van der Waals surface area contributed by atoms with Crippen LogP contribution in [0.3, 0.4) is 0 Å². The lowest BCUT2D eigenvalue weighted by atomic mass is 10.2. The van der Waals surface area contributed by atoms with E-state index < -0.39 is 32.8 Å². The molecule has 5 nitrogen and oxygen atoms in total. The second-order valence-electron chi connectivity index (χ2n) is 4.38. The molecule has 0 amide bonds. The largest absolute Gasteiger partial charge is 0.416 e. The van der Waals surface area contributed by atoms with Gasteiger partial charge >= 0.3 is 6.18 Å². The molecule has 0 aromatic heterocycles. The average Bonchev–Trinajstić information content (AvgIpc) is 2.46. The molecule has 0 N–H and O–H groups in total. The number of alkyl halides is 3. The summed E-state index contributed by atoms with van der Waals surface area (Å²) in [7, 11) is -4.09. The normalized spacial score (nSPS) is 21.0. The van der Waals surface area contributed by atoms with Crippen LogP contribution in [0.25, 0.3) is 0 Å². The summed E-state index contributed by atoms with van der Waals surface area (Å²) < 4.78 is 68.6. The van der Waals surface area contributed by atoms with Crippen molar-refractivity contribution < 1.29 is 26.3 Å². The second kappa shape index (κ2) is 5.63. The van der Waals surface area contributed by atoms with Crippen LogP contribution in [-0.4, -0.2) is 38.5 Å². The van der Waals surface area contributed by atoms with E-state index in [2.05, 4.69) is 0 Å². The Morgan fingerprint density at radius 2 is 2.10 bits per heavy atom. The predicted molar refractivity (Wildman–Crippen MR) is 65.6 cm³/mol. The van der Waals surface area contributed by atoms with Gasteiger partial charge in [0, 0.05) is 6.54 Å². The Hall–Kier alpha value is -1.63. The summed E-state index contributed by atoms with van der Waals surface area (Å²) in [6, 6.07) is 5.31. The van der Waals surface area contributed by atoms with E-state index in [0.717, 1.165) is 22.5 Å². The van der Waals surface area contributed by atoms with Gasteiger partial charge in [0.05, 0.1) is 29.7 Å². The first-order valence-corrected chi connectivity index (χ1v) is 7.38. The first-order chi connectivity index (χ1) is 9.75. The van der Waals surface area contributed by atoms with Gasteiger partial charge in [-0.15, -0.1) is 0 Å². The lowest BCUT2D eigenvalue weighted by molar-refractivity contribution is -0.137. The van der Waals surface area contributed by atoms with Crippen molar-refractivity contribution in [2.75, 3.05) is 19.7 Å². The van der Waals surface area contributed by atoms with Gasteiger partial charge in [0.2, 0.25) is 10.0 Å². The molecule has 1 fully saturated rings. The predicted octanol–water partition coefficient (Wildman–Crippen LogP) is 1.62. The Kier molecular flexibility index (Phi) is 4.22. The van der Waals surface area contributed by atoms with E-state index in [-0.39, 0.29) is 19.7 Å². The topological polar surface area (TPSA) is 70.4 Å². The molecule has 1 aliphatic heterocycles. The monoisotopic (exact) mass is 320 g/mol. The number of benzene rings is 1. The highest BCUT2D eigenvalue weighted by Crippen LogP contribution is 2.31. The van der Waals surface area contributed by atoms with Crippen LogP contribution in [0.1, 0.15) is 5.56 Å². The van der Waals surface area contributed by atoms with E-state index >= 15 is 0 Å². The molecule has 1 unspecified atom stereocenters.